The second-order valence-electron chi connectivity index (χ2n) is 5.83. The van der Waals surface area contributed by atoms with Crippen molar-refractivity contribution in [2.45, 2.75) is 46.6 Å². The van der Waals surface area contributed by atoms with Gasteiger partial charge in [0.2, 0.25) is 0 Å². The van der Waals surface area contributed by atoms with E-state index in [-0.39, 0.29) is 12.4 Å². The number of aliphatic imine (C=N–C) groups is 1. The van der Waals surface area contributed by atoms with Gasteiger partial charge in [-0.25, -0.2) is 9.38 Å². The number of aliphatic hydroxyl groups is 1. The number of hydrogen-bond donors (Lipinski definition) is 3. The molecule has 0 bridgehead atoms. The molecule has 1 aromatic carbocycles. The van der Waals surface area contributed by atoms with Crippen molar-refractivity contribution >= 4 is 5.96 Å². The first-order chi connectivity index (χ1) is 11.1. The van der Waals surface area contributed by atoms with Gasteiger partial charge in [0, 0.05) is 19.7 Å². The van der Waals surface area contributed by atoms with E-state index >= 15 is 0 Å². The number of aryl methyl sites for hydroxylation is 1. The number of guanidine groups is 1. The van der Waals surface area contributed by atoms with E-state index in [1.54, 1.807) is 13.0 Å². The van der Waals surface area contributed by atoms with Crippen molar-refractivity contribution in [3.63, 3.8) is 0 Å². The van der Waals surface area contributed by atoms with Crippen LogP contribution in [0.1, 0.15) is 44.2 Å². The normalized spacial score (nSPS) is 13.0. The number of aliphatic hydroxyl groups excluding tert-OH is 1. The Balaban J connectivity index is 2.62. The lowest BCUT2D eigenvalue weighted by molar-refractivity contribution is 0.251. The molecule has 0 saturated carbocycles. The number of hydrogen-bond acceptors (Lipinski definition) is 2. The monoisotopic (exact) mass is 323 g/mol. The third-order valence-corrected chi connectivity index (χ3v) is 3.78. The van der Waals surface area contributed by atoms with Crippen molar-refractivity contribution in [2.24, 2.45) is 10.9 Å². The molecule has 0 aliphatic carbocycles. The predicted molar refractivity (Wildman–Crippen MR) is 94.1 cm³/mol. The quantitative estimate of drug-likeness (QED) is 0.484. The largest absolute Gasteiger partial charge is 0.396 e. The van der Waals surface area contributed by atoms with Gasteiger partial charge < -0.3 is 15.7 Å². The molecule has 1 rings (SSSR count). The van der Waals surface area contributed by atoms with Gasteiger partial charge in [-0.2, -0.15) is 0 Å². The van der Waals surface area contributed by atoms with Crippen LogP contribution in [0.15, 0.2) is 23.2 Å². The molecule has 0 spiro atoms. The maximum Gasteiger partial charge on any atom is 0.191 e. The average Bonchev–Trinajstić information content (AvgIpc) is 2.53. The van der Waals surface area contributed by atoms with Crippen LogP contribution in [-0.4, -0.2) is 30.8 Å². The summed E-state index contributed by atoms with van der Waals surface area (Å²) in [6.45, 7) is 8.24. The fourth-order valence-corrected chi connectivity index (χ4v) is 2.50. The molecule has 0 aliphatic heterocycles. The molecule has 130 valence electrons. The summed E-state index contributed by atoms with van der Waals surface area (Å²) >= 11 is 0. The first-order valence-corrected chi connectivity index (χ1v) is 8.48. The van der Waals surface area contributed by atoms with E-state index in [2.05, 4.69) is 22.5 Å². The summed E-state index contributed by atoms with van der Waals surface area (Å²) in [5.74, 6) is 1.02. The van der Waals surface area contributed by atoms with Crippen LogP contribution >= 0.6 is 0 Å². The van der Waals surface area contributed by atoms with Gasteiger partial charge in [-0.05, 0) is 49.8 Å². The number of nitrogens with zero attached hydrogens (tertiary/aromatic N) is 1. The van der Waals surface area contributed by atoms with E-state index in [0.717, 1.165) is 43.9 Å². The summed E-state index contributed by atoms with van der Waals surface area (Å²) in [5, 5.41) is 15.7. The number of benzene rings is 1. The Kier molecular flexibility index (Phi) is 9.29. The molecule has 0 aliphatic rings. The zero-order chi connectivity index (χ0) is 17.1. The summed E-state index contributed by atoms with van der Waals surface area (Å²) in [5.41, 5.74) is 1.63. The van der Waals surface area contributed by atoms with Crippen LogP contribution in [0.5, 0.6) is 0 Å². The van der Waals surface area contributed by atoms with E-state index in [9.17, 15) is 4.39 Å². The van der Waals surface area contributed by atoms with Crippen LogP contribution in [0.2, 0.25) is 0 Å². The lowest BCUT2D eigenvalue weighted by atomic mass is 10.0. The van der Waals surface area contributed by atoms with E-state index in [0.29, 0.717) is 18.0 Å². The minimum atomic E-state index is -0.186. The molecule has 0 saturated heterocycles. The van der Waals surface area contributed by atoms with Gasteiger partial charge in [0.1, 0.15) is 5.82 Å². The van der Waals surface area contributed by atoms with E-state index in [4.69, 9.17) is 5.11 Å². The zero-order valence-electron chi connectivity index (χ0n) is 14.5. The lowest BCUT2D eigenvalue weighted by Crippen LogP contribution is -2.40. The average molecular weight is 323 g/mol. The highest BCUT2D eigenvalue weighted by molar-refractivity contribution is 5.79. The fourth-order valence-electron chi connectivity index (χ4n) is 2.50. The molecule has 0 aromatic heterocycles. The number of halogens is 1. The highest BCUT2D eigenvalue weighted by atomic mass is 19.1. The highest BCUT2D eigenvalue weighted by Crippen LogP contribution is 2.11. The molecule has 1 aromatic rings. The molecule has 1 unspecified atom stereocenters. The van der Waals surface area contributed by atoms with Crippen LogP contribution in [0.4, 0.5) is 4.39 Å². The van der Waals surface area contributed by atoms with Gasteiger partial charge in [0.05, 0.1) is 6.54 Å². The summed E-state index contributed by atoms with van der Waals surface area (Å²) in [4.78, 5) is 4.56. The van der Waals surface area contributed by atoms with Crippen molar-refractivity contribution < 1.29 is 9.50 Å². The van der Waals surface area contributed by atoms with Crippen LogP contribution in [0.25, 0.3) is 0 Å². The fraction of sp³-hybridized carbons (Fsp3) is 0.611. The number of rotatable bonds is 9. The van der Waals surface area contributed by atoms with Crippen LogP contribution in [0, 0.1) is 18.7 Å². The van der Waals surface area contributed by atoms with Crippen molar-refractivity contribution in [1.82, 2.24) is 10.6 Å². The van der Waals surface area contributed by atoms with E-state index < -0.39 is 0 Å². The summed E-state index contributed by atoms with van der Waals surface area (Å²) in [6, 6.07) is 5.08. The molecule has 5 heteroatoms. The van der Waals surface area contributed by atoms with Gasteiger partial charge in [0.15, 0.2) is 5.96 Å². The Hall–Kier alpha value is -1.62. The van der Waals surface area contributed by atoms with Crippen LogP contribution in [-0.2, 0) is 6.54 Å². The van der Waals surface area contributed by atoms with Crippen molar-refractivity contribution in [1.29, 1.82) is 0 Å². The van der Waals surface area contributed by atoms with Gasteiger partial charge in [-0.15, -0.1) is 0 Å². The maximum atomic E-state index is 13.3. The summed E-state index contributed by atoms with van der Waals surface area (Å²) in [7, 11) is 0. The third kappa shape index (κ3) is 7.46. The first kappa shape index (κ1) is 19.4. The predicted octanol–water partition coefficient (Wildman–Crippen LogP) is 2.99. The minimum absolute atomic E-state index is 0.186. The Bertz CT molecular complexity index is 485. The van der Waals surface area contributed by atoms with E-state index in [1.165, 1.54) is 6.07 Å². The molecule has 0 radical (unpaired) electrons. The molecule has 0 heterocycles. The maximum absolute atomic E-state index is 13.3. The molecular weight excluding hydrogens is 293 g/mol. The summed E-state index contributed by atoms with van der Waals surface area (Å²) in [6.07, 6.45) is 3.00. The summed E-state index contributed by atoms with van der Waals surface area (Å²) < 4.78 is 13.3. The number of nitrogens with one attached hydrogen (secondary N) is 2. The molecule has 0 fully saturated rings. The van der Waals surface area contributed by atoms with Crippen molar-refractivity contribution in [2.75, 3.05) is 19.7 Å². The second-order valence-corrected chi connectivity index (χ2v) is 5.83. The smallest absolute Gasteiger partial charge is 0.191 e. The Morgan fingerprint density at radius 3 is 2.65 bits per heavy atom. The van der Waals surface area contributed by atoms with Gasteiger partial charge in [-0.1, -0.05) is 25.5 Å². The van der Waals surface area contributed by atoms with Gasteiger partial charge >= 0.3 is 0 Å². The molecule has 4 nitrogen and oxygen atoms in total. The van der Waals surface area contributed by atoms with E-state index in [1.807, 2.05) is 13.0 Å². The zero-order valence-corrected chi connectivity index (χ0v) is 14.5. The Labute approximate surface area is 139 Å². The van der Waals surface area contributed by atoms with Gasteiger partial charge in [0.25, 0.3) is 0 Å². The Morgan fingerprint density at radius 2 is 2.04 bits per heavy atom. The SMILES string of the molecule is CCCC(CCO)CNC(=NCc1ccc(F)c(C)c1)NCC. The Morgan fingerprint density at radius 1 is 1.26 bits per heavy atom. The standard InChI is InChI=1S/C18H30FN3O/c1-4-6-15(9-10-23)12-21-18(20-5-2)22-13-16-7-8-17(19)14(3)11-16/h7-8,11,15,23H,4-6,9-10,12-13H2,1-3H3,(H2,20,21,22). The molecule has 0 amide bonds. The second kappa shape index (κ2) is 11.0. The van der Waals surface area contributed by atoms with Crippen molar-refractivity contribution in [3.05, 3.63) is 35.1 Å². The minimum Gasteiger partial charge on any atom is -0.396 e. The topological polar surface area (TPSA) is 56.6 Å². The van der Waals surface area contributed by atoms with Gasteiger partial charge in [-0.3, -0.25) is 0 Å². The third-order valence-electron chi connectivity index (χ3n) is 3.78. The highest BCUT2D eigenvalue weighted by Gasteiger charge is 2.08. The van der Waals surface area contributed by atoms with Crippen molar-refractivity contribution in [3.8, 4) is 0 Å². The van der Waals surface area contributed by atoms with Crippen LogP contribution < -0.4 is 10.6 Å². The first-order valence-electron chi connectivity index (χ1n) is 8.48. The molecular formula is C18H30FN3O. The van der Waals surface area contributed by atoms with Crippen LogP contribution in [0.3, 0.4) is 0 Å². The molecule has 23 heavy (non-hydrogen) atoms. The lowest BCUT2D eigenvalue weighted by Gasteiger charge is -2.18. The molecule has 1 atom stereocenters. The molecule has 3 N–H and O–H groups in total.